The third-order valence-corrected chi connectivity index (χ3v) is 15.9. The topological polar surface area (TPSA) is 30.1 Å². The summed E-state index contributed by atoms with van der Waals surface area (Å²) in [5.74, 6) is 0. The molecule has 3 nitrogen and oxygen atoms in total. The van der Waals surface area contributed by atoms with Gasteiger partial charge in [-0.05, 0) is 110 Å². The second kappa shape index (κ2) is 12.8. The Kier molecular flexibility index (Phi) is 7.59. The van der Waals surface area contributed by atoms with Crippen LogP contribution in [-0.2, 0) is 16.2 Å². The average molecular weight is 845 g/mol. The summed E-state index contributed by atoms with van der Waals surface area (Å²) in [4.78, 5) is 0. The lowest BCUT2D eigenvalue weighted by atomic mass is 9.58. The van der Waals surface area contributed by atoms with Gasteiger partial charge < -0.3 is 14.3 Å². The van der Waals surface area contributed by atoms with Crippen molar-refractivity contribution in [2.24, 2.45) is 0 Å². The van der Waals surface area contributed by atoms with Gasteiger partial charge in [-0.15, -0.1) is 11.3 Å². The molecule has 0 bridgehead atoms. The molecule has 0 atom stereocenters. The predicted octanol–water partition coefficient (Wildman–Crippen LogP) is 15.1. The van der Waals surface area contributed by atoms with Crippen molar-refractivity contribution in [1.82, 2.24) is 4.57 Å². The molecule has 1 N–H and O–H groups in total. The van der Waals surface area contributed by atoms with Gasteiger partial charge in [0, 0.05) is 75.3 Å². The molecule has 0 radical (unpaired) electrons. The maximum absolute atomic E-state index is 6.85. The molecular weight excluding hydrogens is 796 g/mol. The molecule has 0 spiro atoms. The van der Waals surface area contributed by atoms with Crippen LogP contribution in [0.5, 0.6) is 0 Å². The molecule has 8 aromatic carbocycles. The number of thiophene rings is 1. The third-order valence-electron chi connectivity index (χ3n) is 14.7. The number of furan rings is 1. The maximum atomic E-state index is 6.85. The Morgan fingerprint density at radius 1 is 0.547 bits per heavy atom. The first-order chi connectivity index (χ1) is 30.7. The number of nitrogens with one attached hydrogen (secondary N) is 1. The summed E-state index contributed by atoms with van der Waals surface area (Å²) in [6.07, 6.45) is 0. The van der Waals surface area contributed by atoms with E-state index in [1.165, 1.54) is 97.5 Å². The number of aromatic nitrogens is 1. The highest BCUT2D eigenvalue weighted by Gasteiger charge is 2.38. The molecule has 3 aromatic heterocycles. The van der Waals surface area contributed by atoms with Crippen LogP contribution in [0, 0.1) is 0 Å². The van der Waals surface area contributed by atoms with Crippen LogP contribution in [0.25, 0.3) is 91.9 Å². The Hall–Kier alpha value is -6.56. The van der Waals surface area contributed by atoms with Gasteiger partial charge in [-0.25, -0.2) is 0 Å². The van der Waals surface area contributed by atoms with Crippen molar-refractivity contribution in [2.75, 3.05) is 5.32 Å². The van der Waals surface area contributed by atoms with Crippen LogP contribution in [0.3, 0.4) is 0 Å². The smallest absolute Gasteiger partial charge is 0.198 e. The first-order valence-corrected chi connectivity index (χ1v) is 23.6. The summed E-state index contributed by atoms with van der Waals surface area (Å²) >= 11 is 1.90. The summed E-state index contributed by atoms with van der Waals surface area (Å²) in [5.41, 5.74) is 21.0. The lowest BCUT2D eigenvalue weighted by Gasteiger charge is -2.27. The minimum Gasteiger partial charge on any atom is -0.456 e. The molecular formula is C59H49BN2OS. The zero-order valence-corrected chi connectivity index (χ0v) is 38.6. The Labute approximate surface area is 378 Å². The van der Waals surface area contributed by atoms with E-state index < -0.39 is 0 Å². The van der Waals surface area contributed by atoms with E-state index in [0.29, 0.717) is 0 Å². The minimum absolute atomic E-state index is 0.0113. The lowest BCUT2D eigenvalue weighted by molar-refractivity contribution is 0.587. The standard InChI is InChI=1S/C59H49BN2OS/c1-57(2,3)32-17-20-34(21-18-32)61-48-27-43-36-22-19-33(58(4,5)6)25-51(36)63-52(43)29-41(48)38-23-24-39-42-26-44-37-14-10-12-16-53(37)64-54(44)31-49(42)62-50-28-40-35-13-9-11-15-45(35)59(7,8)46(40)30-47(50)60-55(38)56(39)62/h9-31,60-61H,1-8H3. The fourth-order valence-corrected chi connectivity index (χ4v) is 12.3. The SMILES string of the molecule is CC(C)(C)c1ccc(Nc2cc3c(cc2-c2ccc4c5cc6c(cc5n5c4c2Bc2cc4c(cc2-5)-c2ccccc2C4(C)C)sc2ccccc26)oc2cc(C(C)(C)C)ccc23)cc1. The molecule has 11 aromatic rings. The third kappa shape index (κ3) is 5.34. The number of benzene rings is 8. The van der Waals surface area contributed by atoms with Crippen LogP contribution in [-0.4, -0.2) is 11.8 Å². The van der Waals surface area contributed by atoms with Gasteiger partial charge in [0.15, 0.2) is 7.28 Å². The predicted molar refractivity (Wildman–Crippen MR) is 277 cm³/mol. The second-order valence-corrected chi connectivity index (χ2v) is 22.2. The summed E-state index contributed by atoms with van der Waals surface area (Å²) in [6, 6.07) is 53.1. The van der Waals surface area contributed by atoms with Crippen LogP contribution in [0.2, 0.25) is 0 Å². The van der Waals surface area contributed by atoms with Crippen molar-refractivity contribution in [3.8, 4) is 27.9 Å². The fraction of sp³-hybridized carbons (Fsp3) is 0.186. The van der Waals surface area contributed by atoms with Crippen LogP contribution in [0.4, 0.5) is 11.4 Å². The highest BCUT2D eigenvalue weighted by Crippen LogP contribution is 2.50. The first kappa shape index (κ1) is 38.0. The number of nitrogens with zero attached hydrogens (tertiary/aromatic N) is 1. The monoisotopic (exact) mass is 844 g/mol. The molecule has 4 heterocycles. The average Bonchev–Trinajstić information content (AvgIpc) is 3.98. The molecule has 5 heteroatoms. The normalized spacial score (nSPS) is 14.2. The number of anilines is 2. The molecule has 0 unspecified atom stereocenters. The van der Waals surface area contributed by atoms with Gasteiger partial charge in [0.25, 0.3) is 0 Å². The van der Waals surface area contributed by atoms with Crippen LogP contribution < -0.4 is 16.2 Å². The van der Waals surface area contributed by atoms with Crippen molar-refractivity contribution in [1.29, 1.82) is 0 Å². The first-order valence-electron chi connectivity index (χ1n) is 22.8. The number of fused-ring (bicyclic) bond motifs is 14. The van der Waals surface area contributed by atoms with E-state index in [1.54, 1.807) is 0 Å². The fourth-order valence-electron chi connectivity index (χ4n) is 11.2. The zero-order chi connectivity index (χ0) is 43.6. The van der Waals surface area contributed by atoms with Gasteiger partial charge in [-0.1, -0.05) is 146 Å². The van der Waals surface area contributed by atoms with E-state index in [1.807, 2.05) is 11.3 Å². The molecule has 0 saturated heterocycles. The van der Waals surface area contributed by atoms with Crippen molar-refractivity contribution in [2.45, 2.75) is 71.6 Å². The Bertz CT molecular complexity index is 3830. The number of rotatable bonds is 3. The molecule has 13 rings (SSSR count). The van der Waals surface area contributed by atoms with Gasteiger partial charge in [0.05, 0.1) is 5.52 Å². The summed E-state index contributed by atoms with van der Waals surface area (Å²) in [5, 5.41) is 11.5. The van der Waals surface area contributed by atoms with Crippen molar-refractivity contribution in [3.05, 3.63) is 162 Å². The van der Waals surface area contributed by atoms with E-state index in [4.69, 9.17) is 4.42 Å². The Morgan fingerprint density at radius 3 is 2.09 bits per heavy atom. The minimum atomic E-state index is -0.100. The summed E-state index contributed by atoms with van der Waals surface area (Å²) < 4.78 is 12.1. The number of hydrogen-bond acceptors (Lipinski definition) is 3. The molecule has 0 amide bonds. The highest BCUT2D eigenvalue weighted by molar-refractivity contribution is 7.25. The molecule has 310 valence electrons. The molecule has 1 aliphatic carbocycles. The quantitative estimate of drug-likeness (QED) is 0.180. The second-order valence-electron chi connectivity index (χ2n) is 21.1. The largest absolute Gasteiger partial charge is 0.456 e. The van der Waals surface area contributed by atoms with E-state index >= 15 is 0 Å². The Balaban J connectivity index is 1.10. The van der Waals surface area contributed by atoms with Crippen LogP contribution >= 0.6 is 11.3 Å². The summed E-state index contributed by atoms with van der Waals surface area (Å²) in [6.45, 7) is 18.4. The van der Waals surface area contributed by atoms with E-state index in [0.717, 1.165) is 46.2 Å². The maximum Gasteiger partial charge on any atom is 0.198 e. The molecule has 1 aliphatic heterocycles. The molecule has 0 saturated carbocycles. The zero-order valence-electron chi connectivity index (χ0n) is 37.7. The van der Waals surface area contributed by atoms with Crippen molar-refractivity contribution < 1.29 is 4.42 Å². The van der Waals surface area contributed by atoms with Crippen LogP contribution in [0.1, 0.15) is 77.6 Å². The van der Waals surface area contributed by atoms with Gasteiger partial charge >= 0.3 is 0 Å². The molecule has 2 aliphatic rings. The van der Waals surface area contributed by atoms with Crippen LogP contribution in [0.15, 0.2) is 144 Å². The molecule has 64 heavy (non-hydrogen) atoms. The molecule has 0 fully saturated rings. The summed E-state index contributed by atoms with van der Waals surface area (Å²) in [7, 11) is 0.822. The van der Waals surface area contributed by atoms with Gasteiger partial charge in [0.1, 0.15) is 11.2 Å². The Morgan fingerprint density at radius 2 is 1.28 bits per heavy atom. The number of hydrogen-bond donors (Lipinski definition) is 1. The highest BCUT2D eigenvalue weighted by atomic mass is 32.1. The van der Waals surface area contributed by atoms with E-state index in [-0.39, 0.29) is 16.2 Å². The van der Waals surface area contributed by atoms with Gasteiger partial charge in [-0.2, -0.15) is 0 Å². The van der Waals surface area contributed by atoms with Gasteiger partial charge in [0.2, 0.25) is 0 Å². The van der Waals surface area contributed by atoms with Crippen molar-refractivity contribution >= 4 is 105 Å². The van der Waals surface area contributed by atoms with E-state index in [2.05, 4.69) is 205 Å². The van der Waals surface area contributed by atoms with Gasteiger partial charge in [-0.3, -0.25) is 0 Å². The lowest BCUT2D eigenvalue weighted by Crippen LogP contribution is -2.38. The van der Waals surface area contributed by atoms with Crippen molar-refractivity contribution in [3.63, 3.8) is 0 Å². The van der Waals surface area contributed by atoms with E-state index in [9.17, 15) is 0 Å².